The average Bonchev–Trinajstić information content (AvgIpc) is 2.93. The largest absolute Gasteiger partial charge is 0.481 e. The maximum Gasteiger partial charge on any atom is 0.303 e. The Kier molecular flexibility index (Phi) is 5.43. The molecule has 0 bridgehead atoms. The number of carboxylic acid groups (broad SMARTS) is 1. The summed E-state index contributed by atoms with van der Waals surface area (Å²) in [5.41, 5.74) is 6.33. The smallest absolute Gasteiger partial charge is 0.303 e. The average molecular weight is 391 g/mol. The molecule has 8 heteroatoms. The lowest BCUT2D eigenvalue weighted by Crippen LogP contribution is -2.45. The Morgan fingerprint density at radius 2 is 2.14 bits per heavy atom. The number of nitrogens with zero attached hydrogens (tertiary/aromatic N) is 1. The molecular formula is C20H26FN3O4. The minimum atomic E-state index is -1.09. The number of carbonyl (C=O) groups excluding carboxylic acids is 2. The van der Waals surface area contributed by atoms with Gasteiger partial charge in [0.2, 0.25) is 5.91 Å². The second kappa shape index (κ2) is 7.50. The second-order valence-electron chi connectivity index (χ2n) is 8.29. The molecule has 3 rings (SSSR count). The molecule has 1 fully saturated rings. The van der Waals surface area contributed by atoms with Gasteiger partial charge in [0.05, 0.1) is 6.54 Å². The maximum atomic E-state index is 15.4. The predicted molar refractivity (Wildman–Crippen MR) is 100 cm³/mol. The lowest BCUT2D eigenvalue weighted by Gasteiger charge is -2.39. The molecule has 28 heavy (non-hydrogen) atoms. The van der Waals surface area contributed by atoms with Crippen LogP contribution in [0.5, 0.6) is 0 Å². The first-order valence-corrected chi connectivity index (χ1v) is 9.47. The van der Waals surface area contributed by atoms with Crippen LogP contribution in [0.2, 0.25) is 0 Å². The zero-order valence-electron chi connectivity index (χ0n) is 16.1. The number of rotatable bonds is 6. The summed E-state index contributed by atoms with van der Waals surface area (Å²) in [6, 6.07) is 2.21. The van der Waals surface area contributed by atoms with Gasteiger partial charge < -0.3 is 21.1 Å². The van der Waals surface area contributed by atoms with Gasteiger partial charge in [-0.25, -0.2) is 4.39 Å². The van der Waals surface area contributed by atoms with Gasteiger partial charge in [-0.2, -0.15) is 0 Å². The van der Waals surface area contributed by atoms with E-state index in [1.54, 1.807) is 12.1 Å². The summed E-state index contributed by atoms with van der Waals surface area (Å²) in [5.74, 6) is -2.75. The number of hydrogen-bond donors (Lipinski definition) is 3. The summed E-state index contributed by atoms with van der Waals surface area (Å²) in [6.45, 7) is 5.67. The molecule has 0 aromatic heterocycles. The van der Waals surface area contributed by atoms with Crippen molar-refractivity contribution < 1.29 is 23.9 Å². The van der Waals surface area contributed by atoms with Crippen LogP contribution in [-0.2, 0) is 16.1 Å². The van der Waals surface area contributed by atoms with Crippen molar-refractivity contribution in [2.24, 2.45) is 11.1 Å². The summed E-state index contributed by atoms with van der Waals surface area (Å²) in [5, 5.41) is 12.2. The third-order valence-electron chi connectivity index (χ3n) is 5.94. The number of carbonyl (C=O) groups is 3. The highest BCUT2D eigenvalue weighted by Crippen LogP contribution is 2.42. The van der Waals surface area contributed by atoms with Gasteiger partial charge in [0, 0.05) is 24.1 Å². The van der Waals surface area contributed by atoms with Crippen LogP contribution >= 0.6 is 0 Å². The zero-order valence-corrected chi connectivity index (χ0v) is 16.1. The number of nitrogens with two attached hydrogens (primary N) is 1. The van der Waals surface area contributed by atoms with Crippen molar-refractivity contribution in [3.8, 4) is 0 Å². The standard InChI is InChI=1S/C20H26FN3O4/c1-20(2)10-23-8-7-14(20)12-4-3-11-13(17(12)21)9-24(19(11)28)15(18(22)27)5-6-16(25)26/h3-4,14-15,23H,5-10H2,1-2H3,(H2,22,27)(H,25,26). The van der Waals surface area contributed by atoms with Gasteiger partial charge in [0.1, 0.15) is 11.9 Å². The third-order valence-corrected chi connectivity index (χ3v) is 5.94. The monoisotopic (exact) mass is 391 g/mol. The van der Waals surface area contributed by atoms with Crippen molar-refractivity contribution in [1.29, 1.82) is 0 Å². The maximum absolute atomic E-state index is 15.4. The first-order chi connectivity index (χ1) is 13.1. The number of nitrogens with one attached hydrogen (secondary N) is 1. The molecule has 0 aliphatic carbocycles. The van der Waals surface area contributed by atoms with Crippen LogP contribution in [-0.4, -0.2) is 46.9 Å². The quantitative estimate of drug-likeness (QED) is 0.682. The van der Waals surface area contributed by atoms with Crippen LogP contribution in [0.15, 0.2) is 12.1 Å². The number of primary amides is 1. The molecule has 1 aromatic carbocycles. The highest BCUT2D eigenvalue weighted by molar-refractivity contribution is 6.01. The van der Waals surface area contributed by atoms with Crippen molar-refractivity contribution in [3.05, 3.63) is 34.6 Å². The Morgan fingerprint density at radius 3 is 2.75 bits per heavy atom. The molecule has 7 nitrogen and oxygen atoms in total. The highest BCUT2D eigenvalue weighted by atomic mass is 19.1. The summed E-state index contributed by atoms with van der Waals surface area (Å²) < 4.78 is 15.4. The molecule has 0 radical (unpaired) electrons. The molecule has 2 aliphatic rings. The van der Waals surface area contributed by atoms with Gasteiger partial charge >= 0.3 is 5.97 Å². The van der Waals surface area contributed by atoms with Gasteiger partial charge in [-0.1, -0.05) is 19.9 Å². The Hall–Kier alpha value is -2.48. The van der Waals surface area contributed by atoms with Gasteiger partial charge in [0.15, 0.2) is 0 Å². The molecule has 0 spiro atoms. The van der Waals surface area contributed by atoms with Crippen LogP contribution in [0.3, 0.4) is 0 Å². The van der Waals surface area contributed by atoms with Crippen molar-refractivity contribution in [2.75, 3.05) is 13.1 Å². The van der Waals surface area contributed by atoms with E-state index in [0.717, 1.165) is 19.5 Å². The fourth-order valence-corrected chi connectivity index (χ4v) is 4.37. The first-order valence-electron chi connectivity index (χ1n) is 9.47. The summed E-state index contributed by atoms with van der Waals surface area (Å²) in [4.78, 5) is 36.6. The minimum absolute atomic E-state index is 0.0159. The molecule has 1 saturated heterocycles. The molecular weight excluding hydrogens is 365 g/mol. The number of fused-ring (bicyclic) bond motifs is 1. The summed E-state index contributed by atoms with van der Waals surface area (Å²) in [6.07, 6.45) is 0.397. The molecule has 1 aromatic rings. The number of aliphatic carboxylic acids is 1. The van der Waals surface area contributed by atoms with E-state index in [0.29, 0.717) is 5.56 Å². The van der Waals surface area contributed by atoms with Gasteiger partial charge in [-0.15, -0.1) is 0 Å². The highest BCUT2D eigenvalue weighted by Gasteiger charge is 2.40. The Morgan fingerprint density at radius 1 is 1.43 bits per heavy atom. The van der Waals surface area contributed by atoms with Crippen molar-refractivity contribution in [1.82, 2.24) is 10.2 Å². The molecule has 2 unspecified atom stereocenters. The van der Waals surface area contributed by atoms with E-state index in [1.165, 1.54) is 4.90 Å². The van der Waals surface area contributed by atoms with Crippen LogP contribution < -0.4 is 11.1 Å². The number of amides is 2. The topological polar surface area (TPSA) is 113 Å². The van der Waals surface area contributed by atoms with E-state index in [2.05, 4.69) is 19.2 Å². The van der Waals surface area contributed by atoms with Crippen LogP contribution in [0.4, 0.5) is 4.39 Å². The molecule has 2 atom stereocenters. The van der Waals surface area contributed by atoms with Crippen molar-refractivity contribution in [3.63, 3.8) is 0 Å². The van der Waals surface area contributed by atoms with Gasteiger partial charge in [-0.3, -0.25) is 14.4 Å². The fourth-order valence-electron chi connectivity index (χ4n) is 4.37. The normalized spacial score (nSPS) is 22.0. The zero-order chi connectivity index (χ0) is 20.6. The molecule has 2 aliphatic heterocycles. The number of benzene rings is 1. The number of hydrogen-bond acceptors (Lipinski definition) is 4. The summed E-state index contributed by atoms with van der Waals surface area (Å²) in [7, 11) is 0. The minimum Gasteiger partial charge on any atom is -0.481 e. The lowest BCUT2D eigenvalue weighted by molar-refractivity contribution is -0.137. The predicted octanol–water partition coefficient (Wildman–Crippen LogP) is 1.60. The molecule has 2 amide bonds. The molecule has 0 saturated carbocycles. The Bertz CT molecular complexity index is 824. The van der Waals surface area contributed by atoms with E-state index < -0.39 is 29.6 Å². The van der Waals surface area contributed by atoms with E-state index in [-0.39, 0.29) is 41.8 Å². The SMILES string of the molecule is CC1(C)CNCCC1c1ccc2c(c1F)CN(C(CCC(=O)O)C(N)=O)C2=O. The van der Waals surface area contributed by atoms with Gasteiger partial charge in [-0.05, 0) is 42.3 Å². The molecule has 4 N–H and O–H groups in total. The Labute approximate surface area is 163 Å². The number of piperidine rings is 1. The summed E-state index contributed by atoms with van der Waals surface area (Å²) >= 11 is 0. The molecule has 2 heterocycles. The van der Waals surface area contributed by atoms with Crippen LogP contribution in [0.25, 0.3) is 0 Å². The number of halogens is 1. The molecule has 152 valence electrons. The van der Waals surface area contributed by atoms with E-state index >= 15 is 4.39 Å². The lowest BCUT2D eigenvalue weighted by atomic mass is 9.70. The van der Waals surface area contributed by atoms with Crippen LogP contribution in [0, 0.1) is 11.2 Å². The van der Waals surface area contributed by atoms with Crippen molar-refractivity contribution in [2.45, 2.75) is 51.6 Å². The van der Waals surface area contributed by atoms with Crippen molar-refractivity contribution >= 4 is 17.8 Å². The first kappa shape index (κ1) is 20.3. The third kappa shape index (κ3) is 3.61. The van der Waals surface area contributed by atoms with E-state index in [1.807, 2.05) is 0 Å². The fraction of sp³-hybridized carbons (Fsp3) is 0.550. The Balaban J connectivity index is 1.92. The second-order valence-corrected chi connectivity index (χ2v) is 8.29. The van der Waals surface area contributed by atoms with Gasteiger partial charge in [0.25, 0.3) is 5.91 Å². The van der Waals surface area contributed by atoms with Crippen LogP contribution in [0.1, 0.15) is 60.5 Å². The van der Waals surface area contributed by atoms with E-state index in [4.69, 9.17) is 10.8 Å². The number of carboxylic acids is 1. The van der Waals surface area contributed by atoms with E-state index in [9.17, 15) is 14.4 Å².